The molecule has 0 saturated carbocycles. The van der Waals surface area contributed by atoms with Crippen LogP contribution in [-0.4, -0.2) is 15.9 Å². The molecule has 2 heterocycles. The summed E-state index contributed by atoms with van der Waals surface area (Å²) in [4.78, 5) is 21.0. The Morgan fingerprint density at radius 1 is 0.769 bits per heavy atom. The van der Waals surface area contributed by atoms with Crippen molar-refractivity contribution in [2.75, 3.05) is 10.6 Å². The fourth-order valence-electron chi connectivity index (χ4n) is 2.71. The molecule has 0 aliphatic heterocycles. The summed E-state index contributed by atoms with van der Waals surface area (Å²) in [6, 6.07) is 22.7. The van der Waals surface area contributed by atoms with E-state index in [4.69, 9.17) is 0 Å². The van der Waals surface area contributed by atoms with Crippen LogP contribution in [0.25, 0.3) is 10.9 Å². The van der Waals surface area contributed by atoms with Crippen molar-refractivity contribution in [3.8, 4) is 0 Å². The van der Waals surface area contributed by atoms with Gasteiger partial charge in [0.05, 0.1) is 11.2 Å². The maximum Gasteiger partial charge on any atom is 0.274 e. The van der Waals surface area contributed by atoms with Crippen LogP contribution in [0.4, 0.5) is 17.1 Å². The Balaban J connectivity index is 1.58. The summed E-state index contributed by atoms with van der Waals surface area (Å²) < 4.78 is 0. The van der Waals surface area contributed by atoms with Crippen molar-refractivity contribution in [3.05, 3.63) is 90.9 Å². The highest BCUT2D eigenvalue weighted by Gasteiger charge is 2.09. The van der Waals surface area contributed by atoms with E-state index in [9.17, 15) is 4.79 Å². The van der Waals surface area contributed by atoms with Crippen LogP contribution in [0.1, 0.15) is 10.5 Å². The Hall–Kier alpha value is -3.73. The standard InChI is InChI=1S/C21H16N4O/c26-21(25-16-8-2-1-3-9-16)19-14-17(11-13-22-19)24-18-10-4-6-15-7-5-12-23-20(15)18/h1-14H,(H,22,24)(H,25,26). The molecule has 0 aliphatic carbocycles. The van der Waals surface area contributed by atoms with E-state index in [1.807, 2.05) is 66.7 Å². The number of nitrogens with one attached hydrogen (secondary N) is 2. The lowest BCUT2D eigenvalue weighted by molar-refractivity contribution is 0.102. The summed E-state index contributed by atoms with van der Waals surface area (Å²) in [6.07, 6.45) is 3.37. The van der Waals surface area contributed by atoms with Crippen LogP contribution < -0.4 is 10.6 Å². The van der Waals surface area contributed by atoms with E-state index < -0.39 is 0 Å². The van der Waals surface area contributed by atoms with Gasteiger partial charge in [0.15, 0.2) is 0 Å². The highest BCUT2D eigenvalue weighted by molar-refractivity contribution is 6.03. The van der Waals surface area contributed by atoms with Crippen LogP contribution in [0.3, 0.4) is 0 Å². The van der Waals surface area contributed by atoms with Crippen molar-refractivity contribution in [3.63, 3.8) is 0 Å². The summed E-state index contributed by atoms with van der Waals surface area (Å²) in [6.45, 7) is 0. The van der Waals surface area contributed by atoms with E-state index in [1.54, 1.807) is 18.5 Å². The summed E-state index contributed by atoms with van der Waals surface area (Å²) in [7, 11) is 0. The predicted octanol–water partition coefficient (Wildman–Crippen LogP) is 4.63. The average molecular weight is 340 g/mol. The molecule has 2 aromatic carbocycles. The number of aromatic nitrogens is 2. The number of fused-ring (bicyclic) bond motifs is 1. The highest BCUT2D eigenvalue weighted by atomic mass is 16.1. The van der Waals surface area contributed by atoms with Crippen LogP contribution in [0, 0.1) is 0 Å². The van der Waals surface area contributed by atoms with Gasteiger partial charge >= 0.3 is 0 Å². The second kappa shape index (κ2) is 7.03. The first-order valence-electron chi connectivity index (χ1n) is 8.23. The van der Waals surface area contributed by atoms with Crippen molar-refractivity contribution in [1.29, 1.82) is 0 Å². The van der Waals surface area contributed by atoms with Gasteiger partial charge in [0.1, 0.15) is 5.69 Å². The number of carbonyl (C=O) groups excluding carboxylic acids is 1. The van der Waals surface area contributed by atoms with Crippen molar-refractivity contribution in [2.24, 2.45) is 0 Å². The number of benzene rings is 2. The zero-order valence-corrected chi connectivity index (χ0v) is 13.9. The molecule has 4 aromatic rings. The van der Waals surface area contributed by atoms with Gasteiger partial charge in [-0.15, -0.1) is 0 Å². The molecule has 4 rings (SSSR count). The first kappa shape index (κ1) is 15.8. The predicted molar refractivity (Wildman–Crippen MR) is 104 cm³/mol. The zero-order chi connectivity index (χ0) is 17.8. The quantitative estimate of drug-likeness (QED) is 0.568. The number of amides is 1. The molecule has 1 amide bonds. The fourth-order valence-corrected chi connectivity index (χ4v) is 2.71. The first-order valence-corrected chi connectivity index (χ1v) is 8.23. The van der Waals surface area contributed by atoms with Crippen LogP contribution in [0.2, 0.25) is 0 Å². The minimum Gasteiger partial charge on any atom is -0.354 e. The molecule has 0 radical (unpaired) electrons. The van der Waals surface area contributed by atoms with Gasteiger partial charge in [-0.2, -0.15) is 0 Å². The van der Waals surface area contributed by atoms with Crippen LogP contribution in [-0.2, 0) is 0 Å². The number of pyridine rings is 2. The van der Waals surface area contributed by atoms with E-state index in [-0.39, 0.29) is 5.91 Å². The largest absolute Gasteiger partial charge is 0.354 e. The Labute approximate surface area is 150 Å². The summed E-state index contributed by atoms with van der Waals surface area (Å²) in [5.41, 5.74) is 3.60. The lowest BCUT2D eigenvalue weighted by atomic mass is 10.2. The van der Waals surface area contributed by atoms with Gasteiger partial charge in [-0.3, -0.25) is 14.8 Å². The molecule has 126 valence electrons. The van der Waals surface area contributed by atoms with Crippen molar-refractivity contribution in [1.82, 2.24) is 9.97 Å². The summed E-state index contributed by atoms with van der Waals surface area (Å²) >= 11 is 0. The minimum absolute atomic E-state index is 0.254. The average Bonchev–Trinajstić information content (AvgIpc) is 2.69. The molecule has 5 nitrogen and oxygen atoms in total. The number of hydrogen-bond donors (Lipinski definition) is 2. The first-order chi connectivity index (χ1) is 12.8. The van der Waals surface area contributed by atoms with Gasteiger partial charge in [0, 0.05) is 29.2 Å². The number of rotatable bonds is 4. The maximum absolute atomic E-state index is 12.4. The van der Waals surface area contributed by atoms with Gasteiger partial charge in [-0.1, -0.05) is 36.4 Å². The summed E-state index contributed by atoms with van der Waals surface area (Å²) in [5, 5.41) is 7.21. The Morgan fingerprint density at radius 3 is 2.50 bits per heavy atom. The topological polar surface area (TPSA) is 66.9 Å². The van der Waals surface area contributed by atoms with Crippen LogP contribution in [0.5, 0.6) is 0 Å². The zero-order valence-electron chi connectivity index (χ0n) is 13.9. The molecule has 0 saturated heterocycles. The molecule has 2 N–H and O–H groups in total. The number of anilines is 3. The number of para-hydroxylation sites is 2. The number of hydrogen-bond acceptors (Lipinski definition) is 4. The Morgan fingerprint density at radius 2 is 1.62 bits per heavy atom. The van der Waals surface area contributed by atoms with E-state index in [2.05, 4.69) is 20.6 Å². The monoisotopic (exact) mass is 340 g/mol. The van der Waals surface area contributed by atoms with Crippen LogP contribution >= 0.6 is 0 Å². The second-order valence-electron chi connectivity index (χ2n) is 5.76. The molecule has 26 heavy (non-hydrogen) atoms. The van der Waals surface area contributed by atoms with Gasteiger partial charge in [-0.05, 0) is 36.4 Å². The lowest BCUT2D eigenvalue weighted by Crippen LogP contribution is -2.13. The molecule has 0 atom stereocenters. The Bertz CT molecular complexity index is 1060. The van der Waals surface area contributed by atoms with Gasteiger partial charge < -0.3 is 10.6 Å². The van der Waals surface area contributed by atoms with Crippen LogP contribution in [0.15, 0.2) is 85.2 Å². The molecule has 0 fully saturated rings. The van der Waals surface area contributed by atoms with E-state index in [0.29, 0.717) is 5.69 Å². The third-order valence-electron chi connectivity index (χ3n) is 3.94. The molecular formula is C21H16N4O. The van der Waals surface area contributed by atoms with E-state index in [0.717, 1.165) is 28.0 Å². The molecular weight excluding hydrogens is 324 g/mol. The fraction of sp³-hybridized carbons (Fsp3) is 0. The molecule has 2 aromatic heterocycles. The minimum atomic E-state index is -0.254. The van der Waals surface area contributed by atoms with E-state index in [1.165, 1.54) is 0 Å². The maximum atomic E-state index is 12.4. The number of nitrogens with zero attached hydrogens (tertiary/aromatic N) is 2. The third-order valence-corrected chi connectivity index (χ3v) is 3.94. The Kier molecular flexibility index (Phi) is 4.26. The van der Waals surface area contributed by atoms with Gasteiger partial charge in [-0.25, -0.2) is 0 Å². The molecule has 0 unspecified atom stereocenters. The summed E-state index contributed by atoms with van der Waals surface area (Å²) in [5.74, 6) is -0.254. The van der Waals surface area contributed by atoms with Crippen molar-refractivity contribution < 1.29 is 4.79 Å². The van der Waals surface area contributed by atoms with Crippen molar-refractivity contribution >= 4 is 33.9 Å². The van der Waals surface area contributed by atoms with Gasteiger partial charge in [0.25, 0.3) is 5.91 Å². The molecule has 5 heteroatoms. The molecule has 0 bridgehead atoms. The highest BCUT2D eigenvalue weighted by Crippen LogP contribution is 2.24. The molecule has 0 spiro atoms. The second-order valence-corrected chi connectivity index (χ2v) is 5.76. The van der Waals surface area contributed by atoms with E-state index >= 15 is 0 Å². The van der Waals surface area contributed by atoms with Gasteiger partial charge in [0.2, 0.25) is 0 Å². The third kappa shape index (κ3) is 3.37. The molecule has 0 aliphatic rings. The smallest absolute Gasteiger partial charge is 0.274 e. The normalized spacial score (nSPS) is 10.5. The lowest BCUT2D eigenvalue weighted by Gasteiger charge is -2.10. The SMILES string of the molecule is O=C(Nc1ccccc1)c1cc(Nc2cccc3cccnc23)ccn1. The van der Waals surface area contributed by atoms with Crippen molar-refractivity contribution in [2.45, 2.75) is 0 Å². The number of carbonyl (C=O) groups is 1.